The van der Waals surface area contributed by atoms with E-state index in [-0.39, 0.29) is 0 Å². The molecule has 0 N–H and O–H groups in total. The summed E-state index contributed by atoms with van der Waals surface area (Å²) in [6.45, 7) is 2.26. The molecule has 0 heterocycles. The summed E-state index contributed by atoms with van der Waals surface area (Å²) < 4.78 is 0. The Balaban J connectivity index is 1.66. The van der Waals surface area contributed by atoms with Gasteiger partial charge in [-0.3, -0.25) is 0 Å². The van der Waals surface area contributed by atoms with E-state index in [1.54, 1.807) is 0 Å². The van der Waals surface area contributed by atoms with Crippen LogP contribution >= 0.6 is 0 Å². The maximum absolute atomic E-state index is 8.82. The highest BCUT2D eigenvalue weighted by Crippen LogP contribution is 2.32. The Morgan fingerprint density at radius 1 is 1.14 bits per heavy atom. The van der Waals surface area contributed by atoms with Crippen LogP contribution in [0.1, 0.15) is 69.4 Å². The lowest BCUT2D eigenvalue weighted by Crippen LogP contribution is -2.13. The molecular weight excluding hydrogens is 266 g/mol. The summed E-state index contributed by atoms with van der Waals surface area (Å²) in [6.07, 6.45) is 16.8. The Kier molecular flexibility index (Phi) is 7.23. The molecule has 0 saturated heterocycles. The molecule has 1 saturated carbocycles. The summed E-state index contributed by atoms with van der Waals surface area (Å²) in [5, 5.41) is 8.82. The third-order valence-corrected chi connectivity index (χ3v) is 4.95. The van der Waals surface area contributed by atoms with Gasteiger partial charge >= 0.3 is 0 Å². The summed E-state index contributed by atoms with van der Waals surface area (Å²) in [4.78, 5) is 0. The Bertz CT molecular complexity index is 484. The van der Waals surface area contributed by atoms with Crippen LogP contribution in [0.4, 0.5) is 0 Å². The molecule has 0 spiro atoms. The first-order valence-electron chi connectivity index (χ1n) is 8.97. The fraction of sp³-hybridized carbons (Fsp3) is 0.571. The number of hydrogen-bond donors (Lipinski definition) is 0. The van der Waals surface area contributed by atoms with E-state index < -0.39 is 0 Å². The molecule has 1 nitrogen and oxygen atoms in total. The van der Waals surface area contributed by atoms with Crippen LogP contribution in [0.25, 0.3) is 0 Å². The van der Waals surface area contributed by atoms with Crippen LogP contribution in [0.15, 0.2) is 36.4 Å². The van der Waals surface area contributed by atoms with Gasteiger partial charge in [0.1, 0.15) is 0 Å². The van der Waals surface area contributed by atoms with E-state index in [0.29, 0.717) is 0 Å². The van der Waals surface area contributed by atoms with Crippen LogP contribution < -0.4 is 0 Å². The molecule has 2 rings (SSSR count). The van der Waals surface area contributed by atoms with Crippen LogP contribution in [-0.4, -0.2) is 0 Å². The van der Waals surface area contributed by atoms with Crippen LogP contribution in [0, 0.1) is 23.2 Å². The average molecular weight is 295 g/mol. The van der Waals surface area contributed by atoms with Gasteiger partial charge in [0.15, 0.2) is 0 Å². The van der Waals surface area contributed by atoms with Gasteiger partial charge in [0.2, 0.25) is 0 Å². The minimum Gasteiger partial charge on any atom is -0.192 e. The van der Waals surface area contributed by atoms with Crippen molar-refractivity contribution >= 4 is 0 Å². The molecule has 1 aromatic rings. The van der Waals surface area contributed by atoms with Crippen molar-refractivity contribution in [3.05, 3.63) is 47.5 Å². The van der Waals surface area contributed by atoms with Crippen LogP contribution in [0.3, 0.4) is 0 Å². The lowest BCUT2D eigenvalue weighted by Gasteiger charge is -2.26. The van der Waals surface area contributed by atoms with Gasteiger partial charge in [-0.1, -0.05) is 44.1 Å². The SMILES string of the molecule is CCCCC=C[C@H]1CC[C@H](CCc2ccc(C#N)cc2)CC1. The van der Waals surface area contributed by atoms with Gasteiger partial charge in [0.05, 0.1) is 11.6 Å². The van der Waals surface area contributed by atoms with E-state index in [9.17, 15) is 0 Å². The third-order valence-electron chi connectivity index (χ3n) is 4.95. The molecule has 0 radical (unpaired) electrons. The molecule has 1 fully saturated rings. The van der Waals surface area contributed by atoms with E-state index in [1.807, 2.05) is 12.1 Å². The predicted molar refractivity (Wildman–Crippen MR) is 93.6 cm³/mol. The maximum atomic E-state index is 8.82. The van der Waals surface area contributed by atoms with E-state index in [4.69, 9.17) is 5.26 Å². The number of aryl methyl sites for hydroxylation is 1. The summed E-state index contributed by atoms with van der Waals surface area (Å²) in [6, 6.07) is 10.3. The molecule has 0 amide bonds. The second kappa shape index (κ2) is 9.46. The molecule has 0 unspecified atom stereocenters. The standard InChI is InChI=1S/C21H29N/c1-2-3-4-5-6-18-7-9-19(10-8-18)11-12-20-13-15-21(17-22)16-14-20/h5-6,13-16,18-19H,2-4,7-12H2,1H3/t18-,19-. The van der Waals surface area contributed by atoms with Gasteiger partial charge in [0.25, 0.3) is 0 Å². The van der Waals surface area contributed by atoms with Gasteiger partial charge in [-0.2, -0.15) is 5.26 Å². The predicted octanol–water partition coefficient (Wildman–Crippen LogP) is 6.04. The van der Waals surface area contributed by atoms with E-state index in [1.165, 1.54) is 56.9 Å². The third kappa shape index (κ3) is 5.68. The largest absolute Gasteiger partial charge is 0.192 e. The zero-order valence-electron chi connectivity index (χ0n) is 13.9. The van der Waals surface area contributed by atoms with E-state index in [2.05, 4.69) is 37.3 Å². The molecule has 1 heteroatoms. The molecule has 1 aromatic carbocycles. The molecule has 0 atom stereocenters. The first-order chi connectivity index (χ1) is 10.8. The number of unbranched alkanes of at least 4 members (excludes halogenated alkanes) is 2. The second-order valence-electron chi connectivity index (χ2n) is 6.70. The van der Waals surface area contributed by atoms with Crippen LogP contribution in [0.5, 0.6) is 0 Å². The first-order valence-corrected chi connectivity index (χ1v) is 8.97. The summed E-state index contributed by atoms with van der Waals surface area (Å²) in [5.41, 5.74) is 2.14. The smallest absolute Gasteiger partial charge is 0.0991 e. The van der Waals surface area contributed by atoms with Gasteiger partial charge in [0, 0.05) is 0 Å². The lowest BCUT2D eigenvalue weighted by atomic mass is 9.79. The molecular formula is C21H29N. The van der Waals surface area contributed by atoms with Gasteiger partial charge in [-0.25, -0.2) is 0 Å². The van der Waals surface area contributed by atoms with Crippen molar-refractivity contribution in [2.45, 2.75) is 64.7 Å². The Hall–Kier alpha value is -1.55. The fourth-order valence-corrected chi connectivity index (χ4v) is 3.40. The number of allylic oxidation sites excluding steroid dienone is 2. The van der Waals surface area contributed by atoms with Crippen molar-refractivity contribution in [3.63, 3.8) is 0 Å². The van der Waals surface area contributed by atoms with Gasteiger partial charge < -0.3 is 0 Å². The van der Waals surface area contributed by atoms with Crippen molar-refractivity contribution in [1.82, 2.24) is 0 Å². The van der Waals surface area contributed by atoms with E-state index >= 15 is 0 Å². The minimum atomic E-state index is 0.763. The number of hydrogen-bond acceptors (Lipinski definition) is 1. The normalized spacial score (nSPS) is 21.8. The number of rotatable bonds is 7. The van der Waals surface area contributed by atoms with Crippen molar-refractivity contribution in [3.8, 4) is 6.07 Å². The highest BCUT2D eigenvalue weighted by Gasteiger charge is 2.19. The van der Waals surface area contributed by atoms with Crippen molar-refractivity contribution in [2.75, 3.05) is 0 Å². The monoisotopic (exact) mass is 295 g/mol. The molecule has 0 bridgehead atoms. The molecule has 0 aromatic heterocycles. The fourth-order valence-electron chi connectivity index (χ4n) is 3.40. The number of benzene rings is 1. The zero-order valence-corrected chi connectivity index (χ0v) is 13.9. The average Bonchev–Trinajstić information content (AvgIpc) is 2.58. The van der Waals surface area contributed by atoms with Crippen molar-refractivity contribution < 1.29 is 0 Å². The highest BCUT2D eigenvalue weighted by molar-refractivity contribution is 5.31. The highest BCUT2D eigenvalue weighted by atomic mass is 14.2. The topological polar surface area (TPSA) is 23.8 Å². The van der Waals surface area contributed by atoms with Gasteiger partial charge in [-0.15, -0.1) is 0 Å². The number of nitrogens with zero attached hydrogens (tertiary/aromatic N) is 1. The molecule has 1 aliphatic carbocycles. The van der Waals surface area contributed by atoms with Crippen molar-refractivity contribution in [2.24, 2.45) is 11.8 Å². The van der Waals surface area contributed by atoms with E-state index in [0.717, 1.165) is 23.8 Å². The van der Waals surface area contributed by atoms with Crippen molar-refractivity contribution in [1.29, 1.82) is 5.26 Å². The summed E-state index contributed by atoms with van der Waals surface area (Å²) in [5.74, 6) is 1.74. The Labute approximate surface area is 136 Å². The second-order valence-corrected chi connectivity index (χ2v) is 6.70. The zero-order chi connectivity index (χ0) is 15.6. The molecule has 1 aliphatic rings. The number of nitriles is 1. The quantitative estimate of drug-likeness (QED) is 0.444. The van der Waals surface area contributed by atoms with Crippen LogP contribution in [-0.2, 0) is 6.42 Å². The molecule has 0 aliphatic heterocycles. The molecule has 22 heavy (non-hydrogen) atoms. The summed E-state index contributed by atoms with van der Waals surface area (Å²) in [7, 11) is 0. The summed E-state index contributed by atoms with van der Waals surface area (Å²) >= 11 is 0. The maximum Gasteiger partial charge on any atom is 0.0991 e. The van der Waals surface area contributed by atoms with Crippen LogP contribution in [0.2, 0.25) is 0 Å². The van der Waals surface area contributed by atoms with Gasteiger partial charge in [-0.05, 0) is 74.5 Å². The minimum absolute atomic E-state index is 0.763. The Morgan fingerprint density at radius 2 is 1.86 bits per heavy atom. The Morgan fingerprint density at radius 3 is 2.50 bits per heavy atom. The lowest BCUT2D eigenvalue weighted by molar-refractivity contribution is 0.296. The molecule has 118 valence electrons. The first kappa shape index (κ1) is 16.8.